The fourth-order valence-electron chi connectivity index (χ4n) is 2.99. The SMILES string of the molecule is COc1nccnc1C(=O)N1CCn2nc(OCc3ccccc3)cc2C1. The van der Waals surface area contributed by atoms with E-state index in [1.165, 1.54) is 19.5 Å². The molecule has 0 aliphatic carbocycles. The molecule has 27 heavy (non-hydrogen) atoms. The Kier molecular flexibility index (Phi) is 4.69. The maximum atomic E-state index is 12.8. The Morgan fingerprint density at radius 2 is 1.96 bits per heavy atom. The molecule has 0 fully saturated rings. The van der Waals surface area contributed by atoms with Crippen LogP contribution in [0.2, 0.25) is 0 Å². The summed E-state index contributed by atoms with van der Waals surface area (Å²) in [6.45, 7) is 2.01. The zero-order valence-electron chi connectivity index (χ0n) is 14.9. The van der Waals surface area contributed by atoms with Crippen molar-refractivity contribution in [1.29, 1.82) is 0 Å². The number of fused-ring (bicyclic) bond motifs is 1. The van der Waals surface area contributed by atoms with Crippen molar-refractivity contribution in [3.63, 3.8) is 0 Å². The summed E-state index contributed by atoms with van der Waals surface area (Å²) in [4.78, 5) is 22.7. The first-order valence-electron chi connectivity index (χ1n) is 8.62. The lowest BCUT2D eigenvalue weighted by molar-refractivity contribution is 0.0695. The van der Waals surface area contributed by atoms with Crippen LogP contribution < -0.4 is 9.47 Å². The minimum atomic E-state index is -0.209. The van der Waals surface area contributed by atoms with Gasteiger partial charge < -0.3 is 14.4 Å². The number of hydrogen-bond donors (Lipinski definition) is 0. The van der Waals surface area contributed by atoms with Gasteiger partial charge in [0.05, 0.1) is 25.9 Å². The standard InChI is InChI=1S/C19H19N5O3/c1-26-18-17(20-7-8-21-18)19(25)23-9-10-24-15(12-23)11-16(22-24)27-13-14-5-3-2-4-6-14/h2-8,11H,9-10,12-13H2,1H3. The number of amides is 1. The van der Waals surface area contributed by atoms with E-state index in [2.05, 4.69) is 15.1 Å². The number of carbonyl (C=O) groups excluding carboxylic acids is 1. The second kappa shape index (κ2) is 7.45. The predicted molar refractivity (Wildman–Crippen MR) is 96.3 cm³/mol. The summed E-state index contributed by atoms with van der Waals surface area (Å²) < 4.78 is 12.8. The average Bonchev–Trinajstić information content (AvgIpc) is 3.14. The van der Waals surface area contributed by atoms with Gasteiger partial charge in [-0.3, -0.25) is 9.48 Å². The molecule has 1 aromatic carbocycles. The van der Waals surface area contributed by atoms with Crippen LogP contribution >= 0.6 is 0 Å². The van der Waals surface area contributed by atoms with E-state index in [-0.39, 0.29) is 17.5 Å². The van der Waals surface area contributed by atoms with Gasteiger partial charge in [0.15, 0.2) is 5.69 Å². The number of aromatic nitrogens is 4. The second-order valence-corrected chi connectivity index (χ2v) is 6.11. The summed E-state index contributed by atoms with van der Waals surface area (Å²) in [5.41, 5.74) is 2.21. The molecular weight excluding hydrogens is 346 g/mol. The van der Waals surface area contributed by atoms with Crippen molar-refractivity contribution in [2.75, 3.05) is 13.7 Å². The van der Waals surface area contributed by atoms with Crippen molar-refractivity contribution >= 4 is 5.91 Å². The number of nitrogens with zero attached hydrogens (tertiary/aromatic N) is 5. The minimum absolute atomic E-state index is 0.209. The Labute approximate surface area is 156 Å². The van der Waals surface area contributed by atoms with Crippen LogP contribution in [0.4, 0.5) is 0 Å². The molecule has 8 heteroatoms. The van der Waals surface area contributed by atoms with E-state index >= 15 is 0 Å². The zero-order valence-corrected chi connectivity index (χ0v) is 14.9. The highest BCUT2D eigenvalue weighted by molar-refractivity contribution is 5.94. The smallest absolute Gasteiger partial charge is 0.278 e. The van der Waals surface area contributed by atoms with Crippen LogP contribution in [-0.4, -0.2) is 44.2 Å². The van der Waals surface area contributed by atoms with Gasteiger partial charge in [0, 0.05) is 25.0 Å². The molecule has 0 spiro atoms. The van der Waals surface area contributed by atoms with Crippen LogP contribution in [-0.2, 0) is 19.7 Å². The number of methoxy groups -OCH3 is 1. The Hall–Kier alpha value is -3.42. The highest BCUT2D eigenvalue weighted by atomic mass is 16.5. The normalized spacial score (nSPS) is 13.1. The summed E-state index contributed by atoms with van der Waals surface area (Å²) in [6.07, 6.45) is 2.98. The van der Waals surface area contributed by atoms with Crippen molar-refractivity contribution < 1.29 is 14.3 Å². The predicted octanol–water partition coefficient (Wildman–Crippen LogP) is 1.92. The van der Waals surface area contributed by atoms with Crippen LogP contribution in [0, 0.1) is 0 Å². The zero-order chi connectivity index (χ0) is 18.6. The van der Waals surface area contributed by atoms with E-state index in [1.807, 2.05) is 41.1 Å². The third kappa shape index (κ3) is 3.59. The summed E-state index contributed by atoms with van der Waals surface area (Å²) in [5.74, 6) is 0.577. The van der Waals surface area contributed by atoms with E-state index in [0.29, 0.717) is 32.1 Å². The van der Waals surface area contributed by atoms with Crippen LogP contribution in [0.25, 0.3) is 0 Å². The monoisotopic (exact) mass is 365 g/mol. The van der Waals surface area contributed by atoms with Crippen molar-refractivity contribution in [1.82, 2.24) is 24.6 Å². The van der Waals surface area contributed by atoms with Crippen LogP contribution in [0.15, 0.2) is 48.8 Å². The van der Waals surface area contributed by atoms with Gasteiger partial charge in [-0.1, -0.05) is 30.3 Å². The number of rotatable bonds is 5. The third-order valence-electron chi connectivity index (χ3n) is 4.35. The van der Waals surface area contributed by atoms with Gasteiger partial charge in [0.1, 0.15) is 6.61 Å². The molecule has 4 rings (SSSR count). The van der Waals surface area contributed by atoms with Gasteiger partial charge in [0.2, 0.25) is 11.8 Å². The molecule has 0 saturated carbocycles. The molecule has 0 radical (unpaired) electrons. The molecule has 0 atom stereocenters. The molecule has 1 aliphatic heterocycles. The lowest BCUT2D eigenvalue weighted by Gasteiger charge is -2.27. The minimum Gasteiger partial charge on any atom is -0.479 e. The number of carbonyl (C=O) groups is 1. The summed E-state index contributed by atoms with van der Waals surface area (Å²) in [7, 11) is 1.47. The molecule has 138 valence electrons. The molecule has 0 unspecified atom stereocenters. The van der Waals surface area contributed by atoms with E-state index in [9.17, 15) is 4.79 Å². The quantitative estimate of drug-likeness (QED) is 0.687. The van der Waals surface area contributed by atoms with Gasteiger partial charge in [-0.15, -0.1) is 5.10 Å². The topological polar surface area (TPSA) is 82.4 Å². The molecular formula is C19H19N5O3. The number of ether oxygens (including phenoxy) is 2. The fourth-order valence-corrected chi connectivity index (χ4v) is 2.99. The molecule has 8 nitrogen and oxygen atoms in total. The van der Waals surface area contributed by atoms with Crippen LogP contribution in [0.1, 0.15) is 21.7 Å². The Bertz CT molecular complexity index is 942. The molecule has 3 heterocycles. The highest BCUT2D eigenvalue weighted by Gasteiger charge is 2.27. The van der Waals surface area contributed by atoms with E-state index in [1.54, 1.807) is 4.90 Å². The second-order valence-electron chi connectivity index (χ2n) is 6.11. The number of hydrogen-bond acceptors (Lipinski definition) is 6. The largest absolute Gasteiger partial charge is 0.479 e. The molecule has 1 aliphatic rings. The van der Waals surface area contributed by atoms with E-state index < -0.39 is 0 Å². The maximum absolute atomic E-state index is 12.8. The van der Waals surface area contributed by atoms with E-state index in [4.69, 9.17) is 9.47 Å². The van der Waals surface area contributed by atoms with Gasteiger partial charge >= 0.3 is 0 Å². The van der Waals surface area contributed by atoms with Gasteiger partial charge in [0.25, 0.3) is 5.91 Å². The van der Waals surface area contributed by atoms with Crippen molar-refractivity contribution in [2.45, 2.75) is 19.7 Å². The Balaban J connectivity index is 1.45. The van der Waals surface area contributed by atoms with Crippen LogP contribution in [0.3, 0.4) is 0 Å². The molecule has 0 N–H and O–H groups in total. The number of benzene rings is 1. The highest BCUT2D eigenvalue weighted by Crippen LogP contribution is 2.22. The Morgan fingerprint density at radius 3 is 2.78 bits per heavy atom. The van der Waals surface area contributed by atoms with Crippen molar-refractivity contribution in [3.05, 3.63) is 65.7 Å². The molecule has 0 bridgehead atoms. The van der Waals surface area contributed by atoms with Gasteiger partial charge in [-0.2, -0.15) is 0 Å². The van der Waals surface area contributed by atoms with E-state index in [0.717, 1.165) is 11.3 Å². The summed E-state index contributed by atoms with van der Waals surface area (Å²) in [5, 5.41) is 4.47. The maximum Gasteiger partial charge on any atom is 0.278 e. The third-order valence-corrected chi connectivity index (χ3v) is 4.35. The Morgan fingerprint density at radius 1 is 1.15 bits per heavy atom. The lowest BCUT2D eigenvalue weighted by Crippen LogP contribution is -2.39. The average molecular weight is 365 g/mol. The first kappa shape index (κ1) is 17.0. The van der Waals surface area contributed by atoms with Crippen LogP contribution in [0.5, 0.6) is 11.8 Å². The first-order chi connectivity index (χ1) is 13.2. The van der Waals surface area contributed by atoms with Gasteiger partial charge in [-0.05, 0) is 5.56 Å². The molecule has 1 amide bonds. The van der Waals surface area contributed by atoms with Gasteiger partial charge in [-0.25, -0.2) is 9.97 Å². The molecule has 0 saturated heterocycles. The fraction of sp³-hybridized carbons (Fsp3) is 0.263. The van der Waals surface area contributed by atoms with Crippen molar-refractivity contribution in [3.8, 4) is 11.8 Å². The molecule has 3 aromatic rings. The summed E-state index contributed by atoms with van der Waals surface area (Å²) >= 11 is 0. The molecule has 2 aromatic heterocycles. The summed E-state index contributed by atoms with van der Waals surface area (Å²) in [6, 6.07) is 11.8. The van der Waals surface area contributed by atoms with Crippen molar-refractivity contribution in [2.24, 2.45) is 0 Å². The first-order valence-corrected chi connectivity index (χ1v) is 8.62. The lowest BCUT2D eigenvalue weighted by atomic mass is 10.2.